The lowest BCUT2D eigenvalue weighted by atomic mass is 9.78. The summed E-state index contributed by atoms with van der Waals surface area (Å²) in [5.41, 5.74) is 1.12. The summed E-state index contributed by atoms with van der Waals surface area (Å²) in [6.07, 6.45) is 9.69. The van der Waals surface area contributed by atoms with Crippen molar-refractivity contribution in [2.24, 2.45) is 11.8 Å². The highest BCUT2D eigenvalue weighted by Gasteiger charge is 2.45. The molecule has 1 aromatic heterocycles. The number of para-hydroxylation sites is 2. The van der Waals surface area contributed by atoms with Crippen LogP contribution >= 0.6 is 0 Å². The standard InChI is InChI=1S/C27H37N3O3/c1-4-33-27(32)25-26(31)30(24-8-6-5-7-23(24)28-25)22-15-20-13-14-21(16-22)29(20)19-11-9-18(10-12-19)17(2)3/h5-8,17-22H,4,9-16H2,1-3H3/t18?,19?,20-,21+,22?. The number of esters is 1. The second kappa shape index (κ2) is 9.21. The van der Waals surface area contributed by atoms with Crippen LogP contribution in [0.2, 0.25) is 0 Å². The fraction of sp³-hybridized carbons (Fsp3) is 0.667. The summed E-state index contributed by atoms with van der Waals surface area (Å²) in [7, 11) is 0. The lowest BCUT2D eigenvalue weighted by Gasteiger charge is -2.46. The van der Waals surface area contributed by atoms with E-state index in [0.717, 1.165) is 30.2 Å². The van der Waals surface area contributed by atoms with Crippen molar-refractivity contribution in [3.8, 4) is 0 Å². The smallest absolute Gasteiger partial charge is 0.362 e. The van der Waals surface area contributed by atoms with Crippen molar-refractivity contribution >= 4 is 17.0 Å². The minimum Gasteiger partial charge on any atom is -0.461 e. The van der Waals surface area contributed by atoms with Crippen molar-refractivity contribution < 1.29 is 9.53 Å². The zero-order valence-electron chi connectivity index (χ0n) is 20.2. The Labute approximate surface area is 196 Å². The molecule has 2 aromatic rings. The van der Waals surface area contributed by atoms with Crippen LogP contribution in [0.1, 0.15) is 88.7 Å². The molecular weight excluding hydrogens is 414 g/mol. The number of nitrogens with zero attached hydrogens (tertiary/aromatic N) is 3. The predicted molar refractivity (Wildman–Crippen MR) is 129 cm³/mol. The van der Waals surface area contributed by atoms with Gasteiger partial charge in [0.2, 0.25) is 5.69 Å². The van der Waals surface area contributed by atoms with Gasteiger partial charge in [-0.25, -0.2) is 9.78 Å². The van der Waals surface area contributed by atoms with Gasteiger partial charge in [-0.15, -0.1) is 0 Å². The number of carbonyl (C=O) groups excluding carboxylic acids is 1. The maximum absolute atomic E-state index is 13.5. The van der Waals surface area contributed by atoms with E-state index in [-0.39, 0.29) is 23.9 Å². The number of carbonyl (C=O) groups is 1. The van der Waals surface area contributed by atoms with E-state index in [2.05, 4.69) is 23.7 Å². The molecular formula is C27H37N3O3. The average Bonchev–Trinajstić information content (AvgIpc) is 3.08. The quantitative estimate of drug-likeness (QED) is 0.602. The third kappa shape index (κ3) is 4.11. The molecule has 178 valence electrons. The van der Waals surface area contributed by atoms with Gasteiger partial charge < -0.3 is 9.30 Å². The molecule has 3 fully saturated rings. The van der Waals surface area contributed by atoms with Gasteiger partial charge in [-0.05, 0) is 82.3 Å². The van der Waals surface area contributed by atoms with Crippen molar-refractivity contribution in [3.05, 3.63) is 40.3 Å². The molecule has 2 aliphatic heterocycles. The Hall–Kier alpha value is -2.21. The Bertz CT molecular complexity index is 1060. The Morgan fingerprint density at radius 1 is 1.00 bits per heavy atom. The zero-order valence-corrected chi connectivity index (χ0v) is 20.2. The third-order valence-electron chi connectivity index (χ3n) is 8.50. The van der Waals surface area contributed by atoms with Gasteiger partial charge in [-0.3, -0.25) is 9.69 Å². The van der Waals surface area contributed by atoms with Crippen LogP contribution in [0.25, 0.3) is 11.0 Å². The minimum absolute atomic E-state index is 0.0858. The highest BCUT2D eigenvalue weighted by Crippen LogP contribution is 2.45. The van der Waals surface area contributed by atoms with Crippen LogP contribution in [0.5, 0.6) is 0 Å². The number of piperidine rings is 1. The van der Waals surface area contributed by atoms with Gasteiger partial charge in [0.25, 0.3) is 5.56 Å². The van der Waals surface area contributed by atoms with Gasteiger partial charge >= 0.3 is 5.97 Å². The summed E-state index contributed by atoms with van der Waals surface area (Å²) in [5, 5.41) is 0. The summed E-state index contributed by atoms with van der Waals surface area (Å²) in [4.78, 5) is 33.2. The number of aromatic nitrogens is 2. The molecule has 0 radical (unpaired) electrons. The Morgan fingerprint density at radius 2 is 1.64 bits per heavy atom. The number of benzene rings is 1. The highest BCUT2D eigenvalue weighted by molar-refractivity contribution is 5.89. The molecule has 1 aromatic carbocycles. The van der Waals surface area contributed by atoms with Gasteiger partial charge in [0, 0.05) is 24.2 Å². The van der Waals surface area contributed by atoms with E-state index in [1.54, 1.807) is 6.92 Å². The first kappa shape index (κ1) is 22.6. The fourth-order valence-corrected chi connectivity index (χ4v) is 6.91. The molecule has 3 aliphatic rings. The van der Waals surface area contributed by atoms with Crippen LogP contribution in [0.3, 0.4) is 0 Å². The molecule has 5 rings (SSSR count). The Morgan fingerprint density at radius 3 is 2.27 bits per heavy atom. The number of hydrogen-bond donors (Lipinski definition) is 0. The van der Waals surface area contributed by atoms with E-state index in [1.807, 2.05) is 28.8 Å². The molecule has 0 amide bonds. The highest BCUT2D eigenvalue weighted by atomic mass is 16.5. The maximum atomic E-state index is 13.5. The molecule has 2 saturated heterocycles. The molecule has 33 heavy (non-hydrogen) atoms. The lowest BCUT2D eigenvalue weighted by molar-refractivity contribution is 0.0330. The Balaban J connectivity index is 1.43. The Kier molecular flexibility index (Phi) is 6.30. The predicted octanol–water partition coefficient (Wildman–Crippen LogP) is 4.96. The van der Waals surface area contributed by atoms with Gasteiger partial charge in [-0.1, -0.05) is 26.0 Å². The van der Waals surface area contributed by atoms with Crippen LogP contribution in [0.4, 0.5) is 0 Å². The molecule has 2 bridgehead atoms. The van der Waals surface area contributed by atoms with Gasteiger partial charge in [0.15, 0.2) is 0 Å². The van der Waals surface area contributed by atoms with Gasteiger partial charge in [0.1, 0.15) is 0 Å². The molecule has 6 heteroatoms. The van der Waals surface area contributed by atoms with E-state index in [1.165, 1.54) is 38.5 Å². The number of ether oxygens (including phenoxy) is 1. The molecule has 6 nitrogen and oxygen atoms in total. The second-order valence-electron chi connectivity index (χ2n) is 10.6. The summed E-state index contributed by atoms with van der Waals surface area (Å²) >= 11 is 0. The number of hydrogen-bond acceptors (Lipinski definition) is 5. The van der Waals surface area contributed by atoms with Crippen LogP contribution in [0.15, 0.2) is 29.1 Å². The first-order chi connectivity index (χ1) is 16.0. The summed E-state index contributed by atoms with van der Waals surface area (Å²) < 4.78 is 7.02. The molecule has 1 saturated carbocycles. The lowest BCUT2D eigenvalue weighted by Crippen LogP contribution is -2.51. The van der Waals surface area contributed by atoms with Crippen molar-refractivity contribution in [2.45, 2.75) is 96.3 Å². The monoisotopic (exact) mass is 451 g/mol. The van der Waals surface area contributed by atoms with E-state index < -0.39 is 5.97 Å². The number of rotatable bonds is 5. The first-order valence-electron chi connectivity index (χ1n) is 12.9. The topological polar surface area (TPSA) is 64.4 Å². The SMILES string of the molecule is CCOC(=O)c1nc2ccccc2n(C2C[C@H]3CC[C@@H](C2)N3C2CCC(C(C)C)CC2)c1=O. The summed E-state index contributed by atoms with van der Waals surface area (Å²) in [6.45, 7) is 6.71. The van der Waals surface area contributed by atoms with E-state index in [4.69, 9.17) is 4.74 Å². The van der Waals surface area contributed by atoms with Crippen LogP contribution in [0, 0.1) is 11.8 Å². The van der Waals surface area contributed by atoms with E-state index >= 15 is 0 Å². The summed E-state index contributed by atoms with van der Waals surface area (Å²) in [5.74, 6) is 1.04. The normalized spacial score (nSPS) is 30.1. The molecule has 3 atom stereocenters. The fourth-order valence-electron chi connectivity index (χ4n) is 6.91. The molecule has 1 unspecified atom stereocenters. The van der Waals surface area contributed by atoms with E-state index in [0.29, 0.717) is 23.6 Å². The van der Waals surface area contributed by atoms with Crippen LogP contribution < -0.4 is 5.56 Å². The van der Waals surface area contributed by atoms with Crippen molar-refractivity contribution in [1.29, 1.82) is 0 Å². The van der Waals surface area contributed by atoms with Crippen LogP contribution in [-0.2, 0) is 4.74 Å². The average molecular weight is 452 g/mol. The van der Waals surface area contributed by atoms with Gasteiger partial charge in [0.05, 0.1) is 17.6 Å². The minimum atomic E-state index is -0.621. The van der Waals surface area contributed by atoms with Crippen molar-refractivity contribution in [1.82, 2.24) is 14.5 Å². The van der Waals surface area contributed by atoms with E-state index in [9.17, 15) is 9.59 Å². The van der Waals surface area contributed by atoms with Crippen molar-refractivity contribution in [2.75, 3.05) is 6.61 Å². The van der Waals surface area contributed by atoms with Gasteiger partial charge in [-0.2, -0.15) is 0 Å². The van der Waals surface area contributed by atoms with Crippen LogP contribution in [-0.4, -0.2) is 45.2 Å². The molecule has 0 spiro atoms. The molecule has 0 N–H and O–H groups in total. The molecule has 1 aliphatic carbocycles. The van der Waals surface area contributed by atoms with Crippen molar-refractivity contribution in [3.63, 3.8) is 0 Å². The zero-order chi connectivity index (χ0) is 23.1. The largest absolute Gasteiger partial charge is 0.461 e. The first-order valence-corrected chi connectivity index (χ1v) is 12.9. The number of fused-ring (bicyclic) bond motifs is 3. The second-order valence-corrected chi connectivity index (χ2v) is 10.6. The maximum Gasteiger partial charge on any atom is 0.362 e. The third-order valence-corrected chi connectivity index (χ3v) is 8.50. The summed E-state index contributed by atoms with van der Waals surface area (Å²) in [6, 6.07) is 9.53. The molecule has 3 heterocycles.